The van der Waals surface area contributed by atoms with Crippen LogP contribution in [0, 0.1) is 0 Å². The Bertz CT molecular complexity index is 569. The van der Waals surface area contributed by atoms with Crippen molar-refractivity contribution in [1.82, 2.24) is 9.78 Å². The molecule has 0 saturated carbocycles. The molecule has 0 radical (unpaired) electrons. The molecule has 2 atom stereocenters. The summed E-state index contributed by atoms with van der Waals surface area (Å²) < 4.78 is 1.67. The van der Waals surface area contributed by atoms with E-state index < -0.39 is 12.2 Å². The number of aliphatic hydroxyl groups excluding tert-OH is 2. The lowest BCUT2D eigenvalue weighted by Gasteiger charge is -2.18. The summed E-state index contributed by atoms with van der Waals surface area (Å²) >= 11 is 6.25. The van der Waals surface area contributed by atoms with Crippen molar-refractivity contribution in [3.05, 3.63) is 52.3 Å². The lowest BCUT2D eigenvalue weighted by atomic mass is 10.0. The Morgan fingerprint density at radius 3 is 2.45 bits per heavy atom. The van der Waals surface area contributed by atoms with Gasteiger partial charge in [-0.3, -0.25) is 4.68 Å². The third-order valence-corrected chi connectivity index (χ3v) is 3.85. The highest BCUT2D eigenvalue weighted by atomic mass is 35.5. The van der Waals surface area contributed by atoms with E-state index in [-0.39, 0.29) is 6.42 Å². The summed E-state index contributed by atoms with van der Waals surface area (Å²) in [7, 11) is 1.79. The summed E-state index contributed by atoms with van der Waals surface area (Å²) in [5, 5.41) is 25.3. The van der Waals surface area contributed by atoms with E-state index in [4.69, 9.17) is 11.6 Å². The number of aromatic nitrogens is 2. The molecular weight excluding hydrogens is 276 g/mol. The van der Waals surface area contributed by atoms with E-state index in [1.807, 2.05) is 25.1 Å². The molecule has 0 bridgehead atoms. The molecule has 0 aliphatic rings. The topological polar surface area (TPSA) is 58.3 Å². The minimum absolute atomic E-state index is 0.262. The van der Waals surface area contributed by atoms with Gasteiger partial charge < -0.3 is 10.2 Å². The Hall–Kier alpha value is -1.36. The lowest BCUT2D eigenvalue weighted by Crippen LogP contribution is -2.22. The number of halogens is 1. The molecule has 2 unspecified atom stereocenters. The number of benzene rings is 1. The Morgan fingerprint density at radius 2 is 1.90 bits per heavy atom. The summed E-state index contributed by atoms with van der Waals surface area (Å²) in [6.07, 6.45) is -0.857. The number of nitrogens with zero attached hydrogens (tertiary/aromatic N) is 2. The zero-order valence-corrected chi connectivity index (χ0v) is 12.4. The standard InChI is InChI=1S/C15H19ClN2O2/c1-3-11-14(16)12(18(2)17-11)9-13(19)15(20)10-7-5-4-6-8-10/h4-8,13,15,19-20H,3,9H2,1-2H3. The van der Waals surface area contributed by atoms with Crippen LogP contribution in [0.1, 0.15) is 30.0 Å². The van der Waals surface area contributed by atoms with Crippen LogP contribution in [0.25, 0.3) is 0 Å². The molecule has 0 aliphatic carbocycles. The average Bonchev–Trinajstić information content (AvgIpc) is 2.74. The Morgan fingerprint density at radius 1 is 1.25 bits per heavy atom. The smallest absolute Gasteiger partial charge is 0.105 e. The van der Waals surface area contributed by atoms with Crippen molar-refractivity contribution in [2.24, 2.45) is 7.05 Å². The van der Waals surface area contributed by atoms with Gasteiger partial charge in [0.1, 0.15) is 6.10 Å². The van der Waals surface area contributed by atoms with Gasteiger partial charge in [0.2, 0.25) is 0 Å². The molecule has 0 saturated heterocycles. The van der Waals surface area contributed by atoms with E-state index in [1.165, 1.54) is 0 Å². The minimum Gasteiger partial charge on any atom is -0.390 e. The van der Waals surface area contributed by atoms with Crippen molar-refractivity contribution in [3.8, 4) is 0 Å². The van der Waals surface area contributed by atoms with E-state index in [2.05, 4.69) is 5.10 Å². The summed E-state index contributed by atoms with van der Waals surface area (Å²) in [4.78, 5) is 0. The van der Waals surface area contributed by atoms with Crippen LogP contribution in [-0.4, -0.2) is 26.1 Å². The molecule has 0 amide bonds. The normalized spacial score (nSPS) is 14.2. The summed E-state index contributed by atoms with van der Waals surface area (Å²) in [6, 6.07) is 9.11. The molecule has 0 fully saturated rings. The van der Waals surface area contributed by atoms with Gasteiger partial charge >= 0.3 is 0 Å². The first-order valence-electron chi connectivity index (χ1n) is 6.65. The number of aryl methyl sites for hydroxylation is 2. The number of hydrogen-bond acceptors (Lipinski definition) is 3. The fraction of sp³-hybridized carbons (Fsp3) is 0.400. The second kappa shape index (κ2) is 6.39. The van der Waals surface area contributed by atoms with Crippen LogP contribution in [0.15, 0.2) is 30.3 Å². The van der Waals surface area contributed by atoms with Gasteiger partial charge in [-0.2, -0.15) is 5.10 Å². The van der Waals surface area contributed by atoms with Crippen LogP contribution in [0.5, 0.6) is 0 Å². The molecule has 1 heterocycles. The van der Waals surface area contributed by atoms with Crippen LogP contribution < -0.4 is 0 Å². The number of rotatable bonds is 5. The van der Waals surface area contributed by atoms with Crippen LogP contribution in [0.3, 0.4) is 0 Å². The molecule has 5 heteroatoms. The fourth-order valence-corrected chi connectivity index (χ4v) is 2.59. The molecule has 1 aromatic carbocycles. The monoisotopic (exact) mass is 294 g/mol. The van der Waals surface area contributed by atoms with Crippen LogP contribution in [0.4, 0.5) is 0 Å². The zero-order chi connectivity index (χ0) is 14.7. The highest BCUT2D eigenvalue weighted by molar-refractivity contribution is 6.31. The molecule has 20 heavy (non-hydrogen) atoms. The van der Waals surface area contributed by atoms with Gasteiger partial charge in [-0.15, -0.1) is 0 Å². The predicted molar refractivity (Wildman–Crippen MR) is 78.7 cm³/mol. The van der Waals surface area contributed by atoms with Crippen molar-refractivity contribution in [3.63, 3.8) is 0 Å². The molecule has 108 valence electrons. The fourth-order valence-electron chi connectivity index (χ4n) is 2.22. The van der Waals surface area contributed by atoms with E-state index in [0.717, 1.165) is 17.8 Å². The van der Waals surface area contributed by atoms with Crippen LogP contribution in [-0.2, 0) is 19.9 Å². The number of hydrogen-bond donors (Lipinski definition) is 2. The highest BCUT2D eigenvalue weighted by Gasteiger charge is 2.22. The van der Waals surface area contributed by atoms with Gasteiger partial charge in [0.05, 0.1) is 22.5 Å². The second-order valence-electron chi connectivity index (χ2n) is 4.81. The van der Waals surface area contributed by atoms with Crippen molar-refractivity contribution in [2.45, 2.75) is 32.0 Å². The van der Waals surface area contributed by atoms with Gasteiger partial charge in [-0.05, 0) is 12.0 Å². The average molecular weight is 295 g/mol. The molecule has 0 spiro atoms. The summed E-state index contributed by atoms with van der Waals surface area (Å²) in [6.45, 7) is 1.98. The Kier molecular flexibility index (Phi) is 4.81. The second-order valence-corrected chi connectivity index (χ2v) is 5.19. The largest absolute Gasteiger partial charge is 0.390 e. The first-order chi connectivity index (χ1) is 9.54. The predicted octanol–water partition coefficient (Wildman–Crippen LogP) is 2.27. The zero-order valence-electron chi connectivity index (χ0n) is 11.6. The van der Waals surface area contributed by atoms with E-state index in [0.29, 0.717) is 10.6 Å². The van der Waals surface area contributed by atoms with Crippen LogP contribution in [0.2, 0.25) is 5.02 Å². The SMILES string of the molecule is CCc1nn(C)c(CC(O)C(O)c2ccccc2)c1Cl. The van der Waals surface area contributed by atoms with Crippen molar-refractivity contribution < 1.29 is 10.2 Å². The van der Waals surface area contributed by atoms with E-state index in [9.17, 15) is 10.2 Å². The molecule has 2 aromatic rings. The molecular formula is C15H19ClN2O2. The van der Waals surface area contributed by atoms with Gasteiger partial charge in [0.15, 0.2) is 0 Å². The molecule has 0 aliphatic heterocycles. The summed E-state index contributed by atoms with van der Waals surface area (Å²) in [5.41, 5.74) is 2.24. The van der Waals surface area contributed by atoms with Gasteiger partial charge in [0, 0.05) is 13.5 Å². The minimum atomic E-state index is -0.938. The first-order valence-corrected chi connectivity index (χ1v) is 7.03. The Labute approximate surface area is 123 Å². The number of aliphatic hydroxyl groups is 2. The maximum Gasteiger partial charge on any atom is 0.105 e. The molecule has 1 aromatic heterocycles. The van der Waals surface area contributed by atoms with Gasteiger partial charge in [-0.1, -0.05) is 48.9 Å². The van der Waals surface area contributed by atoms with E-state index in [1.54, 1.807) is 23.9 Å². The maximum atomic E-state index is 10.2. The third-order valence-electron chi connectivity index (χ3n) is 3.41. The quantitative estimate of drug-likeness (QED) is 0.889. The highest BCUT2D eigenvalue weighted by Crippen LogP contribution is 2.25. The van der Waals surface area contributed by atoms with Crippen LogP contribution >= 0.6 is 11.6 Å². The maximum absolute atomic E-state index is 10.2. The van der Waals surface area contributed by atoms with Crippen molar-refractivity contribution in [1.29, 1.82) is 0 Å². The summed E-state index contributed by atoms with van der Waals surface area (Å²) in [5.74, 6) is 0. The molecule has 4 nitrogen and oxygen atoms in total. The van der Waals surface area contributed by atoms with Gasteiger partial charge in [0.25, 0.3) is 0 Å². The first kappa shape index (κ1) is 15.0. The van der Waals surface area contributed by atoms with E-state index >= 15 is 0 Å². The van der Waals surface area contributed by atoms with Gasteiger partial charge in [-0.25, -0.2) is 0 Å². The molecule has 2 rings (SSSR count). The lowest BCUT2D eigenvalue weighted by molar-refractivity contribution is 0.0179. The van der Waals surface area contributed by atoms with Crippen molar-refractivity contribution in [2.75, 3.05) is 0 Å². The molecule has 2 N–H and O–H groups in total. The third kappa shape index (κ3) is 3.03. The van der Waals surface area contributed by atoms with Crippen molar-refractivity contribution >= 4 is 11.6 Å². The Balaban J connectivity index is 2.16.